The average molecular weight is 313 g/mol. The van der Waals surface area contributed by atoms with Gasteiger partial charge in [-0.1, -0.05) is 11.3 Å². The summed E-state index contributed by atoms with van der Waals surface area (Å²) in [6, 6.07) is -0.419. The molecule has 0 saturated carbocycles. The second kappa shape index (κ2) is 7.26. The van der Waals surface area contributed by atoms with E-state index < -0.39 is 11.9 Å². The van der Waals surface area contributed by atoms with E-state index in [1.807, 2.05) is 27.7 Å². The number of nitrogens with one attached hydrogen (secondary N) is 3. The van der Waals surface area contributed by atoms with E-state index in [-0.39, 0.29) is 23.8 Å². The zero-order valence-electron chi connectivity index (χ0n) is 13.0. The fourth-order valence-electron chi connectivity index (χ4n) is 1.54. The van der Waals surface area contributed by atoms with E-state index in [2.05, 4.69) is 20.9 Å². The maximum Gasteiger partial charge on any atom is 0.265 e. The summed E-state index contributed by atoms with van der Waals surface area (Å²) in [6.45, 7) is 9.28. The number of nitrogen functional groups attached to an aromatic ring is 1. The molecule has 1 heterocycles. The summed E-state index contributed by atoms with van der Waals surface area (Å²) < 4.78 is 0. The minimum atomic E-state index is -0.636. The number of carbonyl (C=O) groups excluding carboxylic acids is 2. The van der Waals surface area contributed by atoms with Crippen molar-refractivity contribution in [3.05, 3.63) is 4.88 Å². The molecule has 0 aliphatic rings. The quantitative estimate of drug-likeness (QED) is 0.631. The molecule has 1 atom stereocenters. The number of amides is 2. The lowest BCUT2D eigenvalue weighted by Crippen LogP contribution is -2.46. The Bertz CT molecular complexity index is 513. The van der Waals surface area contributed by atoms with Gasteiger partial charge in [0.05, 0.1) is 0 Å². The van der Waals surface area contributed by atoms with Crippen LogP contribution in [-0.2, 0) is 4.79 Å². The van der Waals surface area contributed by atoms with Crippen LogP contribution in [0.5, 0.6) is 0 Å². The number of thiazole rings is 1. The zero-order valence-corrected chi connectivity index (χ0v) is 13.8. The molecule has 5 N–H and O–H groups in total. The van der Waals surface area contributed by atoms with Crippen molar-refractivity contribution in [1.82, 2.24) is 15.6 Å². The lowest BCUT2D eigenvalue weighted by Gasteiger charge is -2.15. The maximum atomic E-state index is 12.1. The summed E-state index contributed by atoms with van der Waals surface area (Å²) in [5, 5.41) is 9.04. The number of hydrogen-bond acceptors (Lipinski definition) is 6. The summed E-state index contributed by atoms with van der Waals surface area (Å²) in [5.74, 6) is -0.465. The molecule has 7 nitrogen and oxygen atoms in total. The van der Waals surface area contributed by atoms with Gasteiger partial charge in [-0.15, -0.1) is 0 Å². The number of aromatic nitrogens is 1. The summed E-state index contributed by atoms with van der Waals surface area (Å²) in [6.07, 6.45) is 0. The van der Waals surface area contributed by atoms with Crippen molar-refractivity contribution in [3.63, 3.8) is 0 Å². The fraction of sp³-hybridized carbons (Fsp3) is 0.615. The Morgan fingerprint density at radius 2 is 1.71 bits per heavy atom. The molecule has 1 aromatic rings. The van der Waals surface area contributed by atoms with E-state index >= 15 is 0 Å². The van der Waals surface area contributed by atoms with E-state index in [0.717, 1.165) is 0 Å². The molecule has 0 radical (unpaired) electrons. The zero-order chi connectivity index (χ0) is 16.2. The molecule has 118 valence electrons. The first kappa shape index (κ1) is 17.2. The molecule has 1 aromatic heterocycles. The van der Waals surface area contributed by atoms with Crippen LogP contribution >= 0.6 is 11.3 Å². The Morgan fingerprint density at radius 3 is 2.24 bits per heavy atom. The molecule has 0 fully saturated rings. The van der Waals surface area contributed by atoms with Gasteiger partial charge in [0.2, 0.25) is 5.91 Å². The highest BCUT2D eigenvalue weighted by molar-refractivity contribution is 7.18. The maximum absolute atomic E-state index is 12.1. The van der Waals surface area contributed by atoms with Crippen LogP contribution in [0.3, 0.4) is 0 Å². The van der Waals surface area contributed by atoms with Crippen LogP contribution in [0.2, 0.25) is 0 Å². The van der Waals surface area contributed by atoms with Crippen LogP contribution in [0.25, 0.3) is 0 Å². The molecule has 0 aliphatic heterocycles. The van der Waals surface area contributed by atoms with Gasteiger partial charge >= 0.3 is 0 Å². The van der Waals surface area contributed by atoms with Crippen molar-refractivity contribution in [2.75, 3.05) is 11.1 Å². The largest absolute Gasteiger partial charge is 0.382 e. The van der Waals surface area contributed by atoms with E-state index in [1.165, 1.54) is 11.3 Å². The number of rotatable bonds is 6. The molecule has 0 saturated heterocycles. The lowest BCUT2D eigenvalue weighted by atomic mass is 10.2. The van der Waals surface area contributed by atoms with Crippen molar-refractivity contribution >= 4 is 34.1 Å². The van der Waals surface area contributed by atoms with Crippen LogP contribution in [0.4, 0.5) is 10.9 Å². The first-order valence-corrected chi connectivity index (χ1v) is 7.66. The van der Waals surface area contributed by atoms with Gasteiger partial charge in [0.1, 0.15) is 16.7 Å². The van der Waals surface area contributed by atoms with Crippen molar-refractivity contribution in [2.45, 2.75) is 52.7 Å². The third-order valence-electron chi connectivity index (χ3n) is 2.44. The normalized spacial score (nSPS) is 12.3. The van der Waals surface area contributed by atoms with Crippen LogP contribution in [-0.4, -0.2) is 34.9 Å². The van der Waals surface area contributed by atoms with Crippen molar-refractivity contribution in [2.24, 2.45) is 0 Å². The predicted molar refractivity (Wildman–Crippen MR) is 85.5 cm³/mol. The smallest absolute Gasteiger partial charge is 0.265 e. The highest BCUT2D eigenvalue weighted by Gasteiger charge is 2.21. The second-order valence-electron chi connectivity index (χ2n) is 5.39. The van der Waals surface area contributed by atoms with E-state index in [0.29, 0.717) is 10.0 Å². The fourth-order valence-corrected chi connectivity index (χ4v) is 2.47. The van der Waals surface area contributed by atoms with Gasteiger partial charge in [0, 0.05) is 12.1 Å². The van der Waals surface area contributed by atoms with Gasteiger partial charge in [-0.3, -0.25) is 9.59 Å². The number of nitrogens with two attached hydrogens (primary N) is 1. The molecule has 1 unspecified atom stereocenters. The Hall–Kier alpha value is -1.83. The van der Waals surface area contributed by atoms with Crippen molar-refractivity contribution in [1.29, 1.82) is 0 Å². The van der Waals surface area contributed by atoms with Crippen molar-refractivity contribution in [3.8, 4) is 0 Å². The van der Waals surface area contributed by atoms with Crippen molar-refractivity contribution < 1.29 is 9.59 Å². The molecular weight excluding hydrogens is 290 g/mol. The number of nitrogens with zero attached hydrogens (tertiary/aromatic N) is 1. The Kier molecular flexibility index (Phi) is 5.95. The topological polar surface area (TPSA) is 109 Å². The molecule has 0 spiro atoms. The highest BCUT2D eigenvalue weighted by Crippen LogP contribution is 2.25. The van der Waals surface area contributed by atoms with Gasteiger partial charge in [-0.25, -0.2) is 4.98 Å². The molecular formula is C13H23N5O2S. The molecule has 0 aliphatic carbocycles. The number of anilines is 2. The monoisotopic (exact) mass is 313 g/mol. The standard InChI is InChI=1S/C13H23N5O2S/c1-6(2)15-11(19)8(5)17-12(20)9-10(14)18-13(21-9)16-7(3)4/h6-8H,14H2,1-5H3,(H,15,19)(H,16,18)(H,17,20). The first-order valence-electron chi connectivity index (χ1n) is 6.84. The van der Waals surface area contributed by atoms with Gasteiger partial charge in [0.15, 0.2) is 5.13 Å². The minimum Gasteiger partial charge on any atom is -0.382 e. The van der Waals surface area contributed by atoms with Gasteiger partial charge in [-0.05, 0) is 34.6 Å². The summed E-state index contributed by atoms with van der Waals surface area (Å²) >= 11 is 1.17. The number of carbonyl (C=O) groups is 2. The van der Waals surface area contributed by atoms with Gasteiger partial charge in [-0.2, -0.15) is 0 Å². The Morgan fingerprint density at radius 1 is 1.10 bits per heavy atom. The SMILES string of the molecule is CC(C)NC(=O)C(C)NC(=O)c1sc(NC(C)C)nc1N. The van der Waals surface area contributed by atoms with Gasteiger partial charge < -0.3 is 21.7 Å². The number of hydrogen-bond donors (Lipinski definition) is 4. The summed E-state index contributed by atoms with van der Waals surface area (Å²) in [7, 11) is 0. The Labute approximate surface area is 128 Å². The van der Waals surface area contributed by atoms with E-state index in [9.17, 15) is 9.59 Å². The van der Waals surface area contributed by atoms with Crippen LogP contribution in [0.1, 0.15) is 44.3 Å². The first-order chi connectivity index (χ1) is 9.70. The predicted octanol–water partition coefficient (Wildman–Crippen LogP) is 1.19. The molecule has 0 bridgehead atoms. The Balaban J connectivity index is 2.71. The molecule has 21 heavy (non-hydrogen) atoms. The lowest BCUT2D eigenvalue weighted by molar-refractivity contribution is -0.123. The highest BCUT2D eigenvalue weighted by atomic mass is 32.1. The van der Waals surface area contributed by atoms with E-state index in [1.54, 1.807) is 6.92 Å². The van der Waals surface area contributed by atoms with Gasteiger partial charge in [0.25, 0.3) is 5.91 Å². The molecule has 8 heteroatoms. The van der Waals surface area contributed by atoms with E-state index in [4.69, 9.17) is 5.73 Å². The summed E-state index contributed by atoms with van der Waals surface area (Å²) in [4.78, 5) is 28.3. The van der Waals surface area contributed by atoms with Crippen LogP contribution in [0.15, 0.2) is 0 Å². The average Bonchev–Trinajstić information content (AvgIpc) is 2.68. The second-order valence-corrected chi connectivity index (χ2v) is 6.39. The summed E-state index contributed by atoms with van der Waals surface area (Å²) in [5.41, 5.74) is 5.75. The van der Waals surface area contributed by atoms with Crippen LogP contribution < -0.4 is 21.7 Å². The third-order valence-corrected chi connectivity index (χ3v) is 3.44. The molecule has 2 amide bonds. The minimum absolute atomic E-state index is 0.0205. The molecule has 1 rings (SSSR count). The van der Waals surface area contributed by atoms with Crippen LogP contribution in [0, 0.1) is 0 Å². The third kappa shape index (κ3) is 5.22. The molecule has 0 aromatic carbocycles.